The molecule has 1 aromatic rings. The third-order valence-electron chi connectivity index (χ3n) is 2.56. The van der Waals surface area contributed by atoms with E-state index in [0.717, 1.165) is 18.4 Å². The molecule has 1 heteroatoms. The molecule has 0 heterocycles. The van der Waals surface area contributed by atoms with E-state index >= 15 is 0 Å². The summed E-state index contributed by atoms with van der Waals surface area (Å²) in [6.07, 6.45) is 2.82. The van der Waals surface area contributed by atoms with E-state index in [-0.39, 0.29) is 5.92 Å². The summed E-state index contributed by atoms with van der Waals surface area (Å²) in [6, 6.07) is 9.99. The van der Waals surface area contributed by atoms with Gasteiger partial charge in [0, 0.05) is 12.3 Å². The standard InChI is InChI=1S/C13H18O/c1-3-4-10-13(14)11(2)12-8-6-5-7-9-12/h5-9,11H,3-4,10H2,1-2H3/t11-/m1/s1. The average molecular weight is 190 g/mol. The van der Waals surface area contributed by atoms with Crippen LogP contribution >= 0.6 is 0 Å². The molecule has 0 aliphatic heterocycles. The quantitative estimate of drug-likeness (QED) is 0.694. The number of hydrogen-bond donors (Lipinski definition) is 0. The number of Topliss-reactive ketones (excluding diaryl/α,β-unsaturated/α-hetero) is 1. The van der Waals surface area contributed by atoms with Crippen molar-refractivity contribution in [2.24, 2.45) is 0 Å². The normalized spacial score (nSPS) is 12.4. The zero-order chi connectivity index (χ0) is 10.4. The molecule has 0 saturated heterocycles. The fourth-order valence-corrected chi connectivity index (χ4v) is 1.50. The zero-order valence-corrected chi connectivity index (χ0v) is 8.99. The first kappa shape index (κ1) is 11.0. The van der Waals surface area contributed by atoms with Crippen LogP contribution in [-0.2, 0) is 4.79 Å². The summed E-state index contributed by atoms with van der Waals surface area (Å²) in [5.74, 6) is 0.417. The van der Waals surface area contributed by atoms with E-state index in [2.05, 4.69) is 6.92 Å². The molecule has 0 radical (unpaired) electrons. The molecule has 14 heavy (non-hydrogen) atoms. The Bertz CT molecular complexity index is 277. The van der Waals surface area contributed by atoms with Crippen LogP contribution in [-0.4, -0.2) is 5.78 Å². The molecule has 0 aliphatic rings. The molecule has 0 saturated carbocycles. The van der Waals surface area contributed by atoms with E-state index in [1.165, 1.54) is 0 Å². The Morgan fingerprint density at radius 1 is 1.29 bits per heavy atom. The van der Waals surface area contributed by atoms with Crippen LogP contribution in [0.5, 0.6) is 0 Å². The number of carbonyl (C=O) groups is 1. The third kappa shape index (κ3) is 2.99. The first-order valence-corrected chi connectivity index (χ1v) is 5.33. The topological polar surface area (TPSA) is 17.1 Å². The van der Waals surface area contributed by atoms with Crippen LogP contribution in [0.15, 0.2) is 30.3 Å². The van der Waals surface area contributed by atoms with Crippen LogP contribution in [0.3, 0.4) is 0 Å². The van der Waals surface area contributed by atoms with E-state index in [1.807, 2.05) is 37.3 Å². The van der Waals surface area contributed by atoms with Gasteiger partial charge >= 0.3 is 0 Å². The van der Waals surface area contributed by atoms with Gasteiger partial charge in [-0.2, -0.15) is 0 Å². The van der Waals surface area contributed by atoms with Gasteiger partial charge in [-0.3, -0.25) is 4.79 Å². The predicted octanol–water partition coefficient (Wildman–Crippen LogP) is 3.55. The molecule has 0 unspecified atom stereocenters. The fraction of sp³-hybridized carbons (Fsp3) is 0.462. The van der Waals surface area contributed by atoms with Crippen molar-refractivity contribution in [2.75, 3.05) is 0 Å². The molecule has 0 aromatic heterocycles. The summed E-state index contributed by atoms with van der Waals surface area (Å²) < 4.78 is 0. The van der Waals surface area contributed by atoms with Crippen LogP contribution in [0.1, 0.15) is 44.6 Å². The van der Waals surface area contributed by atoms with Gasteiger partial charge in [-0.25, -0.2) is 0 Å². The van der Waals surface area contributed by atoms with Crippen molar-refractivity contribution < 1.29 is 4.79 Å². The second-order valence-electron chi connectivity index (χ2n) is 3.70. The molecular weight excluding hydrogens is 172 g/mol. The lowest BCUT2D eigenvalue weighted by Gasteiger charge is -2.09. The van der Waals surface area contributed by atoms with Gasteiger partial charge in [0.25, 0.3) is 0 Å². The molecule has 0 fully saturated rings. The highest BCUT2D eigenvalue weighted by Crippen LogP contribution is 2.18. The molecular formula is C13H18O. The molecule has 1 aromatic carbocycles. The molecule has 1 atom stereocenters. The molecule has 0 spiro atoms. The second kappa shape index (κ2) is 5.58. The summed E-state index contributed by atoms with van der Waals surface area (Å²) in [7, 11) is 0. The maximum absolute atomic E-state index is 11.7. The number of unbranched alkanes of at least 4 members (excludes halogenated alkanes) is 1. The van der Waals surface area contributed by atoms with Crippen LogP contribution in [0.25, 0.3) is 0 Å². The van der Waals surface area contributed by atoms with Crippen molar-refractivity contribution in [1.29, 1.82) is 0 Å². The van der Waals surface area contributed by atoms with Crippen molar-refractivity contribution in [3.05, 3.63) is 35.9 Å². The Kier molecular flexibility index (Phi) is 4.37. The second-order valence-corrected chi connectivity index (χ2v) is 3.70. The molecule has 0 N–H and O–H groups in total. The highest BCUT2D eigenvalue weighted by atomic mass is 16.1. The minimum atomic E-state index is 0.0581. The zero-order valence-electron chi connectivity index (χ0n) is 8.99. The Morgan fingerprint density at radius 2 is 1.93 bits per heavy atom. The van der Waals surface area contributed by atoms with Crippen LogP contribution in [0.2, 0.25) is 0 Å². The van der Waals surface area contributed by atoms with E-state index in [4.69, 9.17) is 0 Å². The first-order chi connectivity index (χ1) is 6.75. The van der Waals surface area contributed by atoms with Gasteiger partial charge < -0.3 is 0 Å². The van der Waals surface area contributed by atoms with Crippen molar-refractivity contribution in [2.45, 2.75) is 39.0 Å². The van der Waals surface area contributed by atoms with Crippen molar-refractivity contribution in [3.8, 4) is 0 Å². The lowest BCUT2D eigenvalue weighted by Crippen LogP contribution is -2.08. The van der Waals surface area contributed by atoms with E-state index in [9.17, 15) is 4.79 Å². The molecule has 1 rings (SSSR count). The predicted molar refractivity (Wildman–Crippen MR) is 59.4 cm³/mol. The van der Waals surface area contributed by atoms with Gasteiger partial charge in [-0.05, 0) is 12.0 Å². The lowest BCUT2D eigenvalue weighted by atomic mass is 9.94. The van der Waals surface area contributed by atoms with Crippen LogP contribution < -0.4 is 0 Å². The monoisotopic (exact) mass is 190 g/mol. The maximum atomic E-state index is 11.7. The van der Waals surface area contributed by atoms with Gasteiger partial charge in [0.2, 0.25) is 0 Å². The number of carbonyl (C=O) groups excluding carboxylic acids is 1. The van der Waals surface area contributed by atoms with Gasteiger partial charge in [-0.15, -0.1) is 0 Å². The lowest BCUT2D eigenvalue weighted by molar-refractivity contribution is -0.120. The Morgan fingerprint density at radius 3 is 2.50 bits per heavy atom. The smallest absolute Gasteiger partial charge is 0.140 e. The summed E-state index contributed by atoms with van der Waals surface area (Å²) in [4.78, 5) is 11.7. The van der Waals surface area contributed by atoms with Crippen LogP contribution in [0.4, 0.5) is 0 Å². The minimum absolute atomic E-state index is 0.0581. The maximum Gasteiger partial charge on any atom is 0.140 e. The Balaban J connectivity index is 2.57. The van der Waals surface area contributed by atoms with Gasteiger partial charge in [0.05, 0.1) is 0 Å². The van der Waals surface area contributed by atoms with E-state index in [0.29, 0.717) is 12.2 Å². The van der Waals surface area contributed by atoms with Gasteiger partial charge in [-0.1, -0.05) is 50.6 Å². The van der Waals surface area contributed by atoms with E-state index < -0.39 is 0 Å². The summed E-state index contributed by atoms with van der Waals surface area (Å²) >= 11 is 0. The largest absolute Gasteiger partial charge is 0.299 e. The molecule has 0 aliphatic carbocycles. The molecule has 0 amide bonds. The van der Waals surface area contributed by atoms with Gasteiger partial charge in [0.1, 0.15) is 5.78 Å². The van der Waals surface area contributed by atoms with Gasteiger partial charge in [0.15, 0.2) is 0 Å². The third-order valence-corrected chi connectivity index (χ3v) is 2.56. The van der Waals surface area contributed by atoms with Crippen molar-refractivity contribution in [3.63, 3.8) is 0 Å². The highest BCUT2D eigenvalue weighted by Gasteiger charge is 2.13. The first-order valence-electron chi connectivity index (χ1n) is 5.33. The Hall–Kier alpha value is -1.11. The summed E-state index contributed by atoms with van der Waals surface area (Å²) in [5.41, 5.74) is 1.13. The molecule has 76 valence electrons. The molecule has 0 bridgehead atoms. The number of ketones is 1. The number of benzene rings is 1. The minimum Gasteiger partial charge on any atom is -0.299 e. The summed E-state index contributed by atoms with van der Waals surface area (Å²) in [5, 5.41) is 0. The fourth-order valence-electron chi connectivity index (χ4n) is 1.50. The average Bonchev–Trinajstić information content (AvgIpc) is 2.26. The van der Waals surface area contributed by atoms with E-state index in [1.54, 1.807) is 0 Å². The molecule has 1 nitrogen and oxygen atoms in total. The van der Waals surface area contributed by atoms with Crippen LogP contribution in [0, 0.1) is 0 Å². The van der Waals surface area contributed by atoms with Crippen molar-refractivity contribution in [1.82, 2.24) is 0 Å². The highest BCUT2D eigenvalue weighted by molar-refractivity contribution is 5.85. The van der Waals surface area contributed by atoms with Crippen molar-refractivity contribution >= 4 is 5.78 Å². The Labute approximate surface area is 86.1 Å². The SMILES string of the molecule is CCCCC(=O)[C@H](C)c1ccccc1. The summed E-state index contributed by atoms with van der Waals surface area (Å²) in [6.45, 7) is 4.10. The number of hydrogen-bond acceptors (Lipinski definition) is 1. The number of rotatable bonds is 5.